The van der Waals surface area contributed by atoms with Crippen LogP contribution in [0.3, 0.4) is 0 Å². The second kappa shape index (κ2) is 3.62. The molecule has 78 valence electrons. The highest BCUT2D eigenvalue weighted by Crippen LogP contribution is 2.39. The van der Waals surface area contributed by atoms with E-state index >= 15 is 0 Å². The van der Waals surface area contributed by atoms with Crippen LogP contribution in [0.2, 0.25) is 0 Å². The van der Waals surface area contributed by atoms with Gasteiger partial charge in [0.25, 0.3) is 0 Å². The van der Waals surface area contributed by atoms with Crippen LogP contribution in [-0.4, -0.2) is 5.54 Å². The van der Waals surface area contributed by atoms with Crippen LogP contribution in [0, 0.1) is 18.2 Å². The monoisotopic (exact) mass is 207 g/mol. The summed E-state index contributed by atoms with van der Waals surface area (Å²) in [6.07, 6.45) is 2.94. The predicted molar refractivity (Wildman–Crippen MR) is 53.2 cm³/mol. The molecular formula is C12H11F2N. The number of halogens is 2. The molecule has 1 aliphatic carbocycles. The van der Waals surface area contributed by atoms with E-state index in [0.717, 1.165) is 31.4 Å². The number of nitrogens with zero attached hydrogens (tertiary/aromatic N) is 1. The third kappa shape index (κ3) is 1.85. The summed E-state index contributed by atoms with van der Waals surface area (Å²) in [7, 11) is 0. The van der Waals surface area contributed by atoms with Crippen LogP contribution >= 0.6 is 0 Å². The lowest BCUT2D eigenvalue weighted by molar-refractivity contribution is 0.298. The van der Waals surface area contributed by atoms with Gasteiger partial charge in [-0.25, -0.2) is 15.4 Å². The summed E-state index contributed by atoms with van der Waals surface area (Å²) in [5.74, 6) is -0.850. The van der Waals surface area contributed by atoms with Gasteiger partial charge in [0.05, 0.1) is 6.42 Å². The summed E-state index contributed by atoms with van der Waals surface area (Å²) in [5, 5.41) is 0. The minimum absolute atomic E-state index is 0.325. The topological polar surface area (TPSA) is 4.36 Å². The van der Waals surface area contributed by atoms with Crippen molar-refractivity contribution >= 4 is 0 Å². The van der Waals surface area contributed by atoms with Gasteiger partial charge >= 0.3 is 0 Å². The van der Waals surface area contributed by atoms with E-state index in [1.807, 2.05) is 0 Å². The van der Waals surface area contributed by atoms with Gasteiger partial charge in [-0.05, 0) is 30.2 Å². The van der Waals surface area contributed by atoms with Crippen LogP contribution < -0.4 is 0 Å². The van der Waals surface area contributed by atoms with E-state index in [4.69, 9.17) is 6.57 Å². The first-order valence-corrected chi connectivity index (χ1v) is 4.98. The molecule has 0 radical (unpaired) electrons. The molecule has 0 aliphatic heterocycles. The van der Waals surface area contributed by atoms with Crippen molar-refractivity contribution in [2.24, 2.45) is 0 Å². The average molecular weight is 207 g/mol. The standard InChI is InChI=1S/C12H11F2N/c1-15-12(5-2-6-12)8-9-7-10(13)3-4-11(9)14/h3-4,7H,2,5-6,8H2. The molecule has 1 fully saturated rings. The molecule has 0 heterocycles. The van der Waals surface area contributed by atoms with E-state index in [9.17, 15) is 8.78 Å². The fourth-order valence-corrected chi connectivity index (χ4v) is 1.95. The van der Waals surface area contributed by atoms with Gasteiger partial charge in [0.1, 0.15) is 11.6 Å². The highest BCUT2D eigenvalue weighted by molar-refractivity contribution is 5.24. The van der Waals surface area contributed by atoms with Crippen LogP contribution in [0.15, 0.2) is 18.2 Å². The van der Waals surface area contributed by atoms with Crippen molar-refractivity contribution in [3.63, 3.8) is 0 Å². The summed E-state index contributed by atoms with van der Waals surface area (Å²) in [6.45, 7) is 7.09. The predicted octanol–water partition coefficient (Wildman–Crippen LogP) is 3.35. The van der Waals surface area contributed by atoms with E-state index in [1.165, 1.54) is 6.07 Å². The second-order valence-corrected chi connectivity index (χ2v) is 4.10. The highest BCUT2D eigenvalue weighted by Gasteiger charge is 2.44. The van der Waals surface area contributed by atoms with Gasteiger partial charge < -0.3 is 4.85 Å². The van der Waals surface area contributed by atoms with Crippen molar-refractivity contribution in [2.75, 3.05) is 0 Å². The molecule has 0 N–H and O–H groups in total. The van der Waals surface area contributed by atoms with Crippen molar-refractivity contribution in [1.29, 1.82) is 0 Å². The van der Waals surface area contributed by atoms with E-state index < -0.39 is 17.2 Å². The first-order chi connectivity index (χ1) is 7.15. The third-order valence-electron chi connectivity index (χ3n) is 3.05. The van der Waals surface area contributed by atoms with Gasteiger partial charge in [-0.1, -0.05) is 0 Å². The largest absolute Gasteiger partial charge is 0.310 e. The van der Waals surface area contributed by atoms with Gasteiger partial charge in [-0.2, -0.15) is 0 Å². The normalized spacial score (nSPS) is 17.9. The summed E-state index contributed by atoms with van der Waals surface area (Å²) >= 11 is 0. The summed E-state index contributed by atoms with van der Waals surface area (Å²) in [6, 6.07) is 3.42. The Kier molecular flexibility index (Phi) is 2.44. The minimum atomic E-state index is -0.464. The molecule has 0 spiro atoms. The minimum Gasteiger partial charge on any atom is -0.310 e. The van der Waals surface area contributed by atoms with Crippen LogP contribution in [0.5, 0.6) is 0 Å². The Morgan fingerprint density at radius 1 is 1.33 bits per heavy atom. The maximum atomic E-state index is 13.3. The average Bonchev–Trinajstić information content (AvgIpc) is 2.17. The Bertz CT molecular complexity index is 416. The molecule has 0 saturated heterocycles. The zero-order valence-corrected chi connectivity index (χ0v) is 8.26. The van der Waals surface area contributed by atoms with E-state index in [2.05, 4.69) is 4.85 Å². The van der Waals surface area contributed by atoms with Crippen LogP contribution in [0.4, 0.5) is 8.78 Å². The Hall–Kier alpha value is -1.43. The molecular weight excluding hydrogens is 196 g/mol. The SMILES string of the molecule is [C-]#[N+]C1(Cc2cc(F)ccc2F)CCC1. The van der Waals surface area contributed by atoms with Crippen molar-refractivity contribution in [3.05, 3.63) is 46.8 Å². The quantitative estimate of drug-likeness (QED) is 0.655. The molecule has 15 heavy (non-hydrogen) atoms. The van der Waals surface area contributed by atoms with Gasteiger partial charge in [0, 0.05) is 12.8 Å². The van der Waals surface area contributed by atoms with Gasteiger partial charge in [-0.15, -0.1) is 0 Å². The maximum Gasteiger partial charge on any atom is 0.236 e. The summed E-state index contributed by atoms with van der Waals surface area (Å²) < 4.78 is 26.2. The lowest BCUT2D eigenvalue weighted by Crippen LogP contribution is -2.35. The molecule has 3 heteroatoms. The fraction of sp³-hybridized carbons (Fsp3) is 0.417. The number of benzene rings is 1. The van der Waals surface area contributed by atoms with Crippen LogP contribution in [0.1, 0.15) is 24.8 Å². The Labute approximate surface area is 87.5 Å². The Balaban J connectivity index is 2.24. The zero-order valence-electron chi connectivity index (χ0n) is 8.26. The molecule has 1 aliphatic rings. The van der Waals surface area contributed by atoms with E-state index in [0.29, 0.717) is 12.0 Å². The van der Waals surface area contributed by atoms with Crippen LogP contribution in [0.25, 0.3) is 4.85 Å². The number of hydrogen-bond acceptors (Lipinski definition) is 0. The van der Waals surface area contributed by atoms with Gasteiger partial charge in [-0.3, -0.25) is 0 Å². The molecule has 2 rings (SSSR count). The molecule has 0 aromatic heterocycles. The third-order valence-corrected chi connectivity index (χ3v) is 3.05. The van der Waals surface area contributed by atoms with Gasteiger partial charge in [0.15, 0.2) is 0 Å². The zero-order chi connectivity index (χ0) is 10.9. The van der Waals surface area contributed by atoms with Crippen molar-refractivity contribution in [2.45, 2.75) is 31.2 Å². The molecule has 1 saturated carbocycles. The van der Waals surface area contributed by atoms with Crippen molar-refractivity contribution in [3.8, 4) is 0 Å². The van der Waals surface area contributed by atoms with Crippen LogP contribution in [-0.2, 0) is 6.42 Å². The fourth-order valence-electron chi connectivity index (χ4n) is 1.95. The van der Waals surface area contributed by atoms with Gasteiger partial charge in [0.2, 0.25) is 5.54 Å². The van der Waals surface area contributed by atoms with E-state index in [1.54, 1.807) is 0 Å². The Morgan fingerprint density at radius 2 is 2.07 bits per heavy atom. The summed E-state index contributed by atoms with van der Waals surface area (Å²) in [4.78, 5) is 3.55. The molecule has 0 atom stereocenters. The second-order valence-electron chi connectivity index (χ2n) is 4.10. The highest BCUT2D eigenvalue weighted by atomic mass is 19.1. The maximum absolute atomic E-state index is 13.3. The molecule has 0 bridgehead atoms. The first-order valence-electron chi connectivity index (χ1n) is 4.98. The first kappa shape index (κ1) is 10.1. The molecule has 0 amide bonds. The number of hydrogen-bond donors (Lipinski definition) is 0. The Morgan fingerprint density at radius 3 is 2.60 bits per heavy atom. The van der Waals surface area contributed by atoms with Crippen molar-refractivity contribution < 1.29 is 8.78 Å². The molecule has 0 unspecified atom stereocenters. The van der Waals surface area contributed by atoms with Crippen molar-refractivity contribution in [1.82, 2.24) is 0 Å². The molecule has 1 nitrogen and oxygen atoms in total. The van der Waals surface area contributed by atoms with E-state index in [-0.39, 0.29) is 0 Å². The lowest BCUT2D eigenvalue weighted by atomic mass is 9.73. The molecule has 1 aromatic carbocycles. The summed E-state index contributed by atoms with van der Waals surface area (Å²) in [5.41, 5.74) is -0.139. The molecule has 1 aromatic rings. The smallest absolute Gasteiger partial charge is 0.236 e. The lowest BCUT2D eigenvalue weighted by Gasteiger charge is -2.30. The number of rotatable bonds is 2.